The second kappa shape index (κ2) is 4.91. The van der Waals surface area contributed by atoms with Crippen LogP contribution in [0.3, 0.4) is 0 Å². The van der Waals surface area contributed by atoms with Crippen LogP contribution >= 0.6 is 0 Å². The van der Waals surface area contributed by atoms with Crippen molar-refractivity contribution in [2.45, 2.75) is 39.5 Å². The molecule has 2 nitrogen and oxygen atoms in total. The van der Waals surface area contributed by atoms with Gasteiger partial charge in [-0.05, 0) is 48.9 Å². The van der Waals surface area contributed by atoms with Crippen LogP contribution in [0.1, 0.15) is 49.9 Å². The molecular formula is C15H21NO. The Morgan fingerprint density at radius 3 is 2.35 bits per heavy atom. The minimum Gasteiger partial charge on any atom is -0.384 e. The Labute approximate surface area is 103 Å². The van der Waals surface area contributed by atoms with E-state index in [0.717, 1.165) is 17.8 Å². The topological polar surface area (TPSA) is 29.1 Å². The summed E-state index contributed by atoms with van der Waals surface area (Å²) in [6, 6.07) is 7.85. The van der Waals surface area contributed by atoms with Crippen molar-refractivity contribution in [1.29, 1.82) is 0 Å². The molecule has 2 rings (SSSR count). The summed E-state index contributed by atoms with van der Waals surface area (Å²) in [5.41, 5.74) is 2.49. The highest BCUT2D eigenvalue weighted by Crippen LogP contribution is 2.48. The van der Waals surface area contributed by atoms with E-state index < -0.39 is 0 Å². The van der Waals surface area contributed by atoms with Crippen LogP contribution in [0.25, 0.3) is 0 Å². The zero-order valence-corrected chi connectivity index (χ0v) is 10.8. The average Bonchev–Trinajstić information content (AvgIpc) is 3.17. The first kappa shape index (κ1) is 12.2. The van der Waals surface area contributed by atoms with Crippen molar-refractivity contribution in [2.24, 2.45) is 5.41 Å². The maximum atomic E-state index is 11.5. The first-order valence-corrected chi connectivity index (χ1v) is 6.56. The molecular weight excluding hydrogens is 210 g/mol. The summed E-state index contributed by atoms with van der Waals surface area (Å²) in [6.07, 6.45) is 4.53. The van der Waals surface area contributed by atoms with Gasteiger partial charge in [0.2, 0.25) is 0 Å². The Bertz CT molecular complexity index is 390. The molecule has 1 fully saturated rings. The lowest BCUT2D eigenvalue weighted by Gasteiger charge is -2.14. The average molecular weight is 231 g/mol. The van der Waals surface area contributed by atoms with Crippen molar-refractivity contribution in [1.82, 2.24) is 0 Å². The number of hydrogen-bond donors (Lipinski definition) is 1. The van der Waals surface area contributed by atoms with Crippen molar-refractivity contribution in [3.05, 3.63) is 29.8 Å². The summed E-state index contributed by atoms with van der Waals surface area (Å²) in [6.45, 7) is 5.22. The van der Waals surface area contributed by atoms with Gasteiger partial charge in [-0.25, -0.2) is 0 Å². The number of anilines is 1. The van der Waals surface area contributed by atoms with Gasteiger partial charge in [0.05, 0.1) is 0 Å². The second-order valence-electron chi connectivity index (χ2n) is 5.06. The molecule has 1 aromatic rings. The third kappa shape index (κ3) is 2.87. The summed E-state index contributed by atoms with van der Waals surface area (Å²) in [7, 11) is 0. The van der Waals surface area contributed by atoms with Gasteiger partial charge in [0.25, 0.3) is 0 Å². The van der Waals surface area contributed by atoms with E-state index in [1.807, 2.05) is 31.2 Å². The Kier molecular flexibility index (Phi) is 3.51. The summed E-state index contributed by atoms with van der Waals surface area (Å²) in [4.78, 5) is 11.5. The van der Waals surface area contributed by atoms with Gasteiger partial charge in [0.15, 0.2) is 5.78 Å². The van der Waals surface area contributed by atoms with Crippen LogP contribution in [-0.4, -0.2) is 12.3 Å². The van der Waals surface area contributed by atoms with Crippen molar-refractivity contribution in [3.8, 4) is 0 Å². The standard InChI is InChI=1S/C15H21NO/c1-3-14(17)12-5-7-13(8-6-12)16-11-15(4-2)9-10-15/h5-8,16H,3-4,9-11H2,1-2H3. The largest absolute Gasteiger partial charge is 0.384 e. The number of ketones is 1. The van der Waals surface area contributed by atoms with E-state index in [-0.39, 0.29) is 5.78 Å². The number of hydrogen-bond acceptors (Lipinski definition) is 2. The summed E-state index contributed by atoms with van der Waals surface area (Å²) >= 11 is 0. The maximum absolute atomic E-state index is 11.5. The van der Waals surface area contributed by atoms with Crippen molar-refractivity contribution >= 4 is 11.5 Å². The van der Waals surface area contributed by atoms with Crippen molar-refractivity contribution in [2.75, 3.05) is 11.9 Å². The van der Waals surface area contributed by atoms with E-state index in [1.165, 1.54) is 19.3 Å². The molecule has 1 aliphatic rings. The Morgan fingerprint density at radius 1 is 1.24 bits per heavy atom. The molecule has 0 aliphatic heterocycles. The second-order valence-corrected chi connectivity index (χ2v) is 5.06. The van der Waals surface area contributed by atoms with E-state index in [9.17, 15) is 4.79 Å². The van der Waals surface area contributed by atoms with Crippen molar-refractivity contribution < 1.29 is 4.79 Å². The highest BCUT2D eigenvalue weighted by Gasteiger charge is 2.40. The minimum absolute atomic E-state index is 0.212. The van der Waals surface area contributed by atoms with Crippen LogP contribution in [0.2, 0.25) is 0 Å². The lowest BCUT2D eigenvalue weighted by molar-refractivity contribution is 0.0988. The van der Waals surface area contributed by atoms with E-state index >= 15 is 0 Å². The molecule has 0 heterocycles. The molecule has 0 amide bonds. The minimum atomic E-state index is 0.212. The lowest BCUT2D eigenvalue weighted by Crippen LogP contribution is -2.14. The van der Waals surface area contributed by atoms with E-state index in [4.69, 9.17) is 0 Å². The van der Waals surface area contributed by atoms with Crippen LogP contribution in [0.5, 0.6) is 0 Å². The summed E-state index contributed by atoms with van der Waals surface area (Å²) in [5, 5.41) is 3.47. The van der Waals surface area contributed by atoms with Gasteiger partial charge < -0.3 is 5.32 Å². The third-order valence-corrected chi connectivity index (χ3v) is 3.90. The number of nitrogens with one attached hydrogen (secondary N) is 1. The zero-order chi connectivity index (χ0) is 12.3. The normalized spacial score (nSPS) is 16.6. The molecule has 0 atom stereocenters. The first-order chi connectivity index (χ1) is 8.19. The van der Waals surface area contributed by atoms with Gasteiger partial charge in [-0.15, -0.1) is 0 Å². The van der Waals surface area contributed by atoms with Crippen LogP contribution in [0.4, 0.5) is 5.69 Å². The predicted molar refractivity (Wildman–Crippen MR) is 71.5 cm³/mol. The molecule has 0 unspecified atom stereocenters. The molecule has 1 aliphatic carbocycles. The Balaban J connectivity index is 1.92. The van der Waals surface area contributed by atoms with Crippen LogP contribution in [-0.2, 0) is 0 Å². The molecule has 2 heteroatoms. The molecule has 0 radical (unpaired) electrons. The Morgan fingerprint density at radius 2 is 1.88 bits per heavy atom. The van der Waals surface area contributed by atoms with Gasteiger partial charge in [-0.1, -0.05) is 13.8 Å². The first-order valence-electron chi connectivity index (χ1n) is 6.56. The van der Waals surface area contributed by atoms with Crippen LogP contribution in [0.15, 0.2) is 24.3 Å². The number of benzene rings is 1. The molecule has 1 N–H and O–H groups in total. The highest BCUT2D eigenvalue weighted by molar-refractivity contribution is 5.96. The van der Waals surface area contributed by atoms with Crippen LogP contribution < -0.4 is 5.32 Å². The van der Waals surface area contributed by atoms with Gasteiger partial charge >= 0.3 is 0 Å². The fraction of sp³-hybridized carbons (Fsp3) is 0.533. The van der Waals surface area contributed by atoms with E-state index in [0.29, 0.717) is 11.8 Å². The summed E-state index contributed by atoms with van der Waals surface area (Å²) < 4.78 is 0. The third-order valence-electron chi connectivity index (χ3n) is 3.90. The van der Waals surface area contributed by atoms with Gasteiger partial charge in [0, 0.05) is 24.2 Å². The summed E-state index contributed by atoms with van der Waals surface area (Å²) in [5.74, 6) is 0.212. The zero-order valence-electron chi connectivity index (χ0n) is 10.8. The van der Waals surface area contributed by atoms with Gasteiger partial charge in [0.1, 0.15) is 0 Å². The van der Waals surface area contributed by atoms with E-state index in [2.05, 4.69) is 12.2 Å². The van der Waals surface area contributed by atoms with Crippen LogP contribution in [0, 0.1) is 5.41 Å². The van der Waals surface area contributed by atoms with Crippen molar-refractivity contribution in [3.63, 3.8) is 0 Å². The molecule has 0 saturated heterocycles. The van der Waals surface area contributed by atoms with Gasteiger partial charge in [-0.2, -0.15) is 0 Å². The maximum Gasteiger partial charge on any atom is 0.162 e. The molecule has 1 saturated carbocycles. The Hall–Kier alpha value is -1.31. The lowest BCUT2D eigenvalue weighted by atomic mass is 10.0. The molecule has 0 aromatic heterocycles. The highest BCUT2D eigenvalue weighted by atomic mass is 16.1. The monoisotopic (exact) mass is 231 g/mol. The number of rotatable bonds is 6. The number of carbonyl (C=O) groups is 1. The molecule has 17 heavy (non-hydrogen) atoms. The quantitative estimate of drug-likeness (QED) is 0.753. The molecule has 0 spiro atoms. The molecule has 0 bridgehead atoms. The van der Waals surface area contributed by atoms with E-state index in [1.54, 1.807) is 0 Å². The number of carbonyl (C=O) groups excluding carboxylic acids is 1. The SMILES string of the molecule is CCC(=O)c1ccc(NCC2(CC)CC2)cc1. The fourth-order valence-corrected chi connectivity index (χ4v) is 2.10. The number of Topliss-reactive ketones (excluding diaryl/α,β-unsaturated/α-hetero) is 1. The predicted octanol–water partition coefficient (Wildman–Crippen LogP) is 3.88. The van der Waals surface area contributed by atoms with Gasteiger partial charge in [-0.3, -0.25) is 4.79 Å². The fourth-order valence-electron chi connectivity index (χ4n) is 2.10. The molecule has 92 valence electrons. The smallest absolute Gasteiger partial charge is 0.162 e. The molecule has 1 aromatic carbocycles.